The van der Waals surface area contributed by atoms with E-state index in [1.54, 1.807) is 12.1 Å². The number of hydrogen-bond acceptors (Lipinski definition) is 3. The van der Waals surface area contributed by atoms with E-state index in [4.69, 9.17) is 0 Å². The molecule has 3 aromatic carbocycles. The van der Waals surface area contributed by atoms with Crippen molar-refractivity contribution in [3.8, 4) is 11.5 Å². The summed E-state index contributed by atoms with van der Waals surface area (Å²) in [6.07, 6.45) is 5.09. The molecule has 0 radical (unpaired) electrons. The molecule has 2 N–H and O–H groups in total. The van der Waals surface area contributed by atoms with Crippen molar-refractivity contribution in [1.82, 2.24) is 0 Å². The van der Waals surface area contributed by atoms with Crippen molar-refractivity contribution in [2.45, 2.75) is 12.8 Å². The van der Waals surface area contributed by atoms with Crippen LogP contribution in [0.15, 0.2) is 54.6 Å². The number of ketones is 1. The second-order valence-electron chi connectivity index (χ2n) is 6.05. The third-order valence-corrected chi connectivity index (χ3v) is 4.57. The van der Waals surface area contributed by atoms with E-state index in [-0.39, 0.29) is 17.3 Å². The molecule has 1 aliphatic carbocycles. The standard InChI is InChI=1S/C21H16O3/c22-16-9-6-13(20(24)12-16)8-11-19(23)17-10-7-15-5-4-14-2-1-3-18(17)21(14)15/h1-3,6-12,22,24H,4-5H2. The average Bonchev–Trinajstić information content (AvgIpc) is 2.99. The normalized spacial score (nSPS) is 13.0. The molecule has 24 heavy (non-hydrogen) atoms. The van der Waals surface area contributed by atoms with E-state index in [2.05, 4.69) is 6.07 Å². The fraction of sp³-hybridized carbons (Fsp3) is 0.0952. The molecule has 0 aromatic heterocycles. The summed E-state index contributed by atoms with van der Waals surface area (Å²) in [5, 5.41) is 21.3. The van der Waals surface area contributed by atoms with Gasteiger partial charge in [-0.05, 0) is 59.0 Å². The molecule has 0 aliphatic heterocycles. The molecule has 3 aromatic rings. The Morgan fingerprint density at radius 2 is 1.75 bits per heavy atom. The van der Waals surface area contributed by atoms with Crippen LogP contribution in [0, 0.1) is 0 Å². The minimum Gasteiger partial charge on any atom is -0.508 e. The van der Waals surface area contributed by atoms with Crippen molar-refractivity contribution >= 4 is 22.6 Å². The zero-order valence-electron chi connectivity index (χ0n) is 13.0. The molecule has 0 spiro atoms. The van der Waals surface area contributed by atoms with Gasteiger partial charge in [-0.15, -0.1) is 0 Å². The van der Waals surface area contributed by atoms with E-state index >= 15 is 0 Å². The number of carbonyl (C=O) groups excluding carboxylic acids is 1. The molecule has 0 unspecified atom stereocenters. The zero-order chi connectivity index (χ0) is 16.7. The Kier molecular flexibility index (Phi) is 3.35. The van der Waals surface area contributed by atoms with Crippen LogP contribution in [0.2, 0.25) is 0 Å². The van der Waals surface area contributed by atoms with Gasteiger partial charge >= 0.3 is 0 Å². The van der Waals surface area contributed by atoms with E-state index in [1.807, 2.05) is 24.3 Å². The van der Waals surface area contributed by atoms with Crippen LogP contribution >= 0.6 is 0 Å². The fourth-order valence-electron chi connectivity index (χ4n) is 3.39. The van der Waals surface area contributed by atoms with Crippen LogP contribution in [0.25, 0.3) is 16.8 Å². The number of phenols is 2. The number of benzene rings is 3. The van der Waals surface area contributed by atoms with Crippen molar-refractivity contribution in [1.29, 1.82) is 0 Å². The maximum atomic E-state index is 12.6. The zero-order valence-corrected chi connectivity index (χ0v) is 13.0. The van der Waals surface area contributed by atoms with Crippen LogP contribution < -0.4 is 0 Å². The van der Waals surface area contributed by atoms with E-state index in [0.717, 1.165) is 18.2 Å². The Morgan fingerprint density at radius 3 is 2.54 bits per heavy atom. The molecule has 0 fully saturated rings. The first-order chi connectivity index (χ1) is 11.6. The van der Waals surface area contributed by atoms with Crippen LogP contribution in [0.1, 0.15) is 27.0 Å². The molecule has 0 bridgehead atoms. The highest BCUT2D eigenvalue weighted by Crippen LogP contribution is 2.33. The lowest BCUT2D eigenvalue weighted by molar-refractivity contribution is 0.104. The van der Waals surface area contributed by atoms with Gasteiger partial charge in [-0.1, -0.05) is 30.3 Å². The van der Waals surface area contributed by atoms with Gasteiger partial charge in [0.15, 0.2) is 5.78 Å². The number of carbonyl (C=O) groups is 1. The molecule has 0 saturated carbocycles. The van der Waals surface area contributed by atoms with Crippen molar-refractivity contribution in [2.75, 3.05) is 0 Å². The maximum absolute atomic E-state index is 12.6. The highest BCUT2D eigenvalue weighted by Gasteiger charge is 2.17. The number of aromatic hydroxyl groups is 2. The van der Waals surface area contributed by atoms with Crippen molar-refractivity contribution in [3.05, 3.63) is 76.9 Å². The van der Waals surface area contributed by atoms with Gasteiger partial charge in [-0.2, -0.15) is 0 Å². The van der Waals surface area contributed by atoms with E-state index in [0.29, 0.717) is 11.1 Å². The Morgan fingerprint density at radius 1 is 0.958 bits per heavy atom. The first-order valence-electron chi connectivity index (χ1n) is 7.91. The quantitative estimate of drug-likeness (QED) is 0.561. The van der Waals surface area contributed by atoms with Crippen LogP contribution in [0.5, 0.6) is 11.5 Å². The van der Waals surface area contributed by atoms with Crippen LogP contribution in [0.3, 0.4) is 0 Å². The second kappa shape index (κ2) is 5.53. The summed E-state index contributed by atoms with van der Waals surface area (Å²) in [6, 6.07) is 14.3. The van der Waals surface area contributed by atoms with Gasteiger partial charge in [0.1, 0.15) is 11.5 Å². The SMILES string of the molecule is O=C(C=Cc1ccc(O)cc1O)c1ccc2c3c(cccc13)CC2. The average molecular weight is 316 g/mol. The third-order valence-electron chi connectivity index (χ3n) is 4.57. The summed E-state index contributed by atoms with van der Waals surface area (Å²) in [5.41, 5.74) is 3.77. The molecule has 0 amide bonds. The van der Waals surface area contributed by atoms with Crippen LogP contribution in [-0.2, 0) is 12.8 Å². The first-order valence-corrected chi connectivity index (χ1v) is 7.91. The molecule has 4 rings (SSSR count). The monoisotopic (exact) mass is 316 g/mol. The van der Waals surface area contributed by atoms with E-state index in [9.17, 15) is 15.0 Å². The maximum Gasteiger partial charge on any atom is 0.186 e. The Balaban J connectivity index is 1.73. The molecule has 3 heteroatoms. The number of aryl methyl sites for hydroxylation is 2. The molecule has 0 atom stereocenters. The molecule has 118 valence electrons. The van der Waals surface area contributed by atoms with Gasteiger partial charge in [-0.25, -0.2) is 0 Å². The Bertz CT molecular complexity index is 989. The molecular formula is C21H16O3. The van der Waals surface area contributed by atoms with Gasteiger partial charge in [0, 0.05) is 17.2 Å². The minimum atomic E-state index is -0.0990. The highest BCUT2D eigenvalue weighted by molar-refractivity contribution is 6.16. The molecule has 1 aliphatic rings. The van der Waals surface area contributed by atoms with Gasteiger partial charge in [0.25, 0.3) is 0 Å². The lowest BCUT2D eigenvalue weighted by atomic mass is 9.97. The smallest absolute Gasteiger partial charge is 0.186 e. The largest absolute Gasteiger partial charge is 0.508 e. The number of phenolic OH excluding ortho intramolecular Hbond substituents is 2. The Labute approximate surface area is 139 Å². The van der Waals surface area contributed by atoms with Crippen molar-refractivity contribution < 1.29 is 15.0 Å². The minimum absolute atomic E-state index is 0.0107. The topological polar surface area (TPSA) is 57.5 Å². The van der Waals surface area contributed by atoms with Crippen LogP contribution in [-0.4, -0.2) is 16.0 Å². The van der Waals surface area contributed by atoms with Crippen molar-refractivity contribution in [2.24, 2.45) is 0 Å². The summed E-state index contributed by atoms with van der Waals surface area (Å²) in [5.74, 6) is -0.166. The summed E-state index contributed by atoms with van der Waals surface area (Å²) in [4.78, 5) is 12.6. The Hall–Kier alpha value is -3.07. The molecule has 0 heterocycles. The summed E-state index contributed by atoms with van der Waals surface area (Å²) in [7, 11) is 0. The molecule has 3 nitrogen and oxygen atoms in total. The summed E-state index contributed by atoms with van der Waals surface area (Å²) < 4.78 is 0. The summed E-state index contributed by atoms with van der Waals surface area (Å²) in [6.45, 7) is 0. The third kappa shape index (κ3) is 2.35. The van der Waals surface area contributed by atoms with E-state index in [1.165, 1.54) is 34.7 Å². The predicted molar refractivity (Wildman–Crippen MR) is 94.5 cm³/mol. The lowest BCUT2D eigenvalue weighted by Crippen LogP contribution is -1.96. The fourth-order valence-corrected chi connectivity index (χ4v) is 3.39. The van der Waals surface area contributed by atoms with Gasteiger partial charge < -0.3 is 10.2 Å². The summed E-state index contributed by atoms with van der Waals surface area (Å²) >= 11 is 0. The lowest BCUT2D eigenvalue weighted by Gasteiger charge is -2.06. The van der Waals surface area contributed by atoms with Crippen LogP contribution in [0.4, 0.5) is 0 Å². The highest BCUT2D eigenvalue weighted by atomic mass is 16.3. The van der Waals surface area contributed by atoms with Crippen molar-refractivity contribution in [3.63, 3.8) is 0 Å². The number of hydrogen-bond donors (Lipinski definition) is 2. The van der Waals surface area contributed by atoms with E-state index < -0.39 is 0 Å². The molecule has 0 saturated heterocycles. The molecular weight excluding hydrogens is 300 g/mol. The van der Waals surface area contributed by atoms with Gasteiger partial charge in [-0.3, -0.25) is 4.79 Å². The number of rotatable bonds is 3. The predicted octanol–water partition coefficient (Wildman–Crippen LogP) is 4.25. The number of allylic oxidation sites excluding steroid dienone is 1. The van der Waals surface area contributed by atoms with Gasteiger partial charge in [0.05, 0.1) is 0 Å². The second-order valence-corrected chi connectivity index (χ2v) is 6.05. The van der Waals surface area contributed by atoms with Gasteiger partial charge in [0.2, 0.25) is 0 Å². The first kappa shape index (κ1) is 14.5.